The lowest BCUT2D eigenvalue weighted by atomic mass is 10.0. The van der Waals surface area contributed by atoms with E-state index in [1.807, 2.05) is 0 Å². The van der Waals surface area contributed by atoms with Crippen LogP contribution in [0.4, 0.5) is 13.2 Å². The minimum atomic E-state index is -4.55. The van der Waals surface area contributed by atoms with Crippen LogP contribution in [0, 0.1) is 11.3 Å². The van der Waals surface area contributed by atoms with Gasteiger partial charge in [-0.05, 0) is 29.5 Å². The van der Waals surface area contributed by atoms with Gasteiger partial charge in [0.1, 0.15) is 6.07 Å². The second-order valence-corrected chi connectivity index (χ2v) is 4.28. The molecule has 18 heavy (non-hydrogen) atoms. The highest BCUT2D eigenvalue weighted by atomic mass is 32.2. The van der Waals surface area contributed by atoms with E-state index in [0.29, 0.717) is 0 Å². The molecule has 0 fully saturated rings. The maximum atomic E-state index is 12.3. The van der Waals surface area contributed by atoms with E-state index < -0.39 is 28.8 Å². The van der Waals surface area contributed by atoms with Crippen LogP contribution in [0.5, 0.6) is 0 Å². The van der Waals surface area contributed by atoms with E-state index in [1.54, 1.807) is 6.07 Å². The first-order chi connectivity index (χ1) is 8.28. The molecular formula is C10H7F3N2O2S. The fourth-order valence-electron chi connectivity index (χ4n) is 1.27. The zero-order valence-electron chi connectivity index (χ0n) is 8.78. The number of carboxylic acid groups (broad SMARTS) is 1. The van der Waals surface area contributed by atoms with Gasteiger partial charge in [-0.25, -0.2) is 4.79 Å². The van der Waals surface area contributed by atoms with Gasteiger partial charge in [0.2, 0.25) is 0 Å². The summed E-state index contributed by atoms with van der Waals surface area (Å²) in [4.78, 5) is 10.5. The molecule has 0 aliphatic rings. The fraction of sp³-hybridized carbons (Fsp3) is 0.200. The van der Waals surface area contributed by atoms with Crippen molar-refractivity contribution in [1.82, 2.24) is 0 Å². The maximum Gasteiger partial charge on any atom is 0.446 e. The number of benzene rings is 1. The van der Waals surface area contributed by atoms with Gasteiger partial charge in [0.15, 0.2) is 0 Å². The summed E-state index contributed by atoms with van der Waals surface area (Å²) in [7, 11) is 0. The third-order valence-electron chi connectivity index (χ3n) is 2.00. The topological polar surface area (TPSA) is 87.1 Å². The van der Waals surface area contributed by atoms with Crippen molar-refractivity contribution in [2.24, 2.45) is 5.73 Å². The van der Waals surface area contributed by atoms with Crippen LogP contribution in [0.1, 0.15) is 21.5 Å². The maximum absolute atomic E-state index is 12.3. The number of nitrogens with two attached hydrogens (primary N) is 1. The minimum Gasteiger partial charge on any atom is -0.478 e. The third kappa shape index (κ3) is 3.38. The predicted molar refractivity (Wildman–Crippen MR) is 57.9 cm³/mol. The van der Waals surface area contributed by atoms with Crippen LogP contribution in [-0.2, 0) is 6.54 Å². The van der Waals surface area contributed by atoms with Crippen LogP contribution < -0.4 is 5.73 Å². The monoisotopic (exact) mass is 276 g/mol. The molecule has 1 rings (SSSR count). The number of alkyl halides is 3. The Hall–Kier alpha value is -1.72. The predicted octanol–water partition coefficient (Wildman–Crippen LogP) is 2.33. The summed E-state index contributed by atoms with van der Waals surface area (Å²) >= 11 is -0.450. The Morgan fingerprint density at radius 1 is 1.50 bits per heavy atom. The third-order valence-corrected chi connectivity index (χ3v) is 2.83. The smallest absolute Gasteiger partial charge is 0.446 e. The molecule has 3 N–H and O–H groups in total. The van der Waals surface area contributed by atoms with Crippen molar-refractivity contribution in [3.05, 3.63) is 28.8 Å². The summed E-state index contributed by atoms with van der Waals surface area (Å²) < 4.78 is 36.8. The van der Waals surface area contributed by atoms with Crippen molar-refractivity contribution in [3.63, 3.8) is 0 Å². The molecule has 0 aromatic heterocycles. The Morgan fingerprint density at radius 3 is 2.50 bits per heavy atom. The molecule has 0 saturated carbocycles. The van der Waals surface area contributed by atoms with Crippen LogP contribution in [0.25, 0.3) is 0 Å². The summed E-state index contributed by atoms with van der Waals surface area (Å²) in [5, 5.41) is 17.5. The van der Waals surface area contributed by atoms with Gasteiger partial charge in [0, 0.05) is 11.4 Å². The van der Waals surface area contributed by atoms with Crippen LogP contribution in [-0.4, -0.2) is 16.6 Å². The average Bonchev–Trinajstić information content (AvgIpc) is 2.26. The summed E-state index contributed by atoms with van der Waals surface area (Å²) in [6.07, 6.45) is 0. The van der Waals surface area contributed by atoms with E-state index in [1.165, 1.54) is 0 Å². The van der Waals surface area contributed by atoms with Gasteiger partial charge < -0.3 is 10.8 Å². The number of carboxylic acids is 1. The lowest BCUT2D eigenvalue weighted by molar-refractivity contribution is -0.0328. The molecule has 0 bridgehead atoms. The van der Waals surface area contributed by atoms with Crippen molar-refractivity contribution in [3.8, 4) is 6.07 Å². The number of thioether (sulfide) groups is 1. The average molecular weight is 276 g/mol. The van der Waals surface area contributed by atoms with Crippen molar-refractivity contribution in [2.75, 3.05) is 0 Å². The van der Waals surface area contributed by atoms with E-state index in [2.05, 4.69) is 0 Å². The summed E-state index contributed by atoms with van der Waals surface area (Å²) in [6, 6.07) is 3.50. The number of nitriles is 1. The zero-order valence-corrected chi connectivity index (χ0v) is 9.60. The fourth-order valence-corrected chi connectivity index (χ4v) is 1.97. The van der Waals surface area contributed by atoms with Gasteiger partial charge in [-0.3, -0.25) is 0 Å². The summed E-state index contributed by atoms with van der Waals surface area (Å²) in [5.74, 6) is -1.46. The SMILES string of the molecule is N#Cc1cc(CN)c(SC(F)(F)F)cc1C(=O)O. The van der Waals surface area contributed by atoms with Crippen molar-refractivity contribution < 1.29 is 23.1 Å². The normalized spacial score (nSPS) is 11.1. The van der Waals surface area contributed by atoms with Crippen molar-refractivity contribution in [1.29, 1.82) is 5.26 Å². The highest BCUT2D eigenvalue weighted by Crippen LogP contribution is 2.39. The molecule has 1 aromatic carbocycles. The van der Waals surface area contributed by atoms with E-state index in [-0.39, 0.29) is 22.6 Å². The van der Waals surface area contributed by atoms with Gasteiger partial charge in [-0.15, -0.1) is 0 Å². The quantitative estimate of drug-likeness (QED) is 0.827. The van der Waals surface area contributed by atoms with Crippen LogP contribution in [0.15, 0.2) is 17.0 Å². The number of hydrogen-bond donors (Lipinski definition) is 2. The van der Waals surface area contributed by atoms with Gasteiger partial charge in [0.05, 0.1) is 11.1 Å². The molecule has 0 aliphatic carbocycles. The Balaban J connectivity index is 3.38. The molecule has 1 aromatic rings. The number of nitrogens with zero attached hydrogens (tertiary/aromatic N) is 1. The number of halogens is 3. The Labute approximate surface area is 104 Å². The summed E-state index contributed by atoms with van der Waals surface area (Å²) in [5.41, 5.74) is 0.132. The lowest BCUT2D eigenvalue weighted by Crippen LogP contribution is -2.08. The molecule has 8 heteroatoms. The molecule has 0 unspecified atom stereocenters. The van der Waals surface area contributed by atoms with Gasteiger partial charge in [0.25, 0.3) is 0 Å². The van der Waals surface area contributed by atoms with Crippen molar-refractivity contribution in [2.45, 2.75) is 16.9 Å². The first kappa shape index (κ1) is 14.3. The molecule has 0 saturated heterocycles. The Bertz CT molecular complexity index is 523. The molecule has 0 radical (unpaired) electrons. The van der Waals surface area contributed by atoms with E-state index in [0.717, 1.165) is 12.1 Å². The molecule has 0 aliphatic heterocycles. The molecule has 96 valence electrons. The largest absolute Gasteiger partial charge is 0.478 e. The molecule has 0 spiro atoms. The Kier molecular flexibility index (Phi) is 4.21. The number of aromatic carboxylic acids is 1. The van der Waals surface area contributed by atoms with Gasteiger partial charge >= 0.3 is 11.5 Å². The molecular weight excluding hydrogens is 269 g/mol. The van der Waals surface area contributed by atoms with E-state index >= 15 is 0 Å². The molecule has 0 atom stereocenters. The first-order valence-corrected chi connectivity index (χ1v) is 5.36. The highest BCUT2D eigenvalue weighted by molar-refractivity contribution is 8.00. The first-order valence-electron chi connectivity index (χ1n) is 4.54. The number of rotatable bonds is 3. The van der Waals surface area contributed by atoms with Crippen LogP contribution in [0.3, 0.4) is 0 Å². The Morgan fingerprint density at radius 2 is 2.11 bits per heavy atom. The molecule has 0 amide bonds. The van der Waals surface area contributed by atoms with Crippen LogP contribution >= 0.6 is 11.8 Å². The number of hydrogen-bond acceptors (Lipinski definition) is 4. The second-order valence-electron chi connectivity index (χ2n) is 3.17. The standard InChI is InChI=1S/C10H7F3N2O2S/c11-10(12,13)18-8-2-7(9(16)17)5(3-14)1-6(8)4-15/h1-2H,4,15H2,(H,16,17). The second kappa shape index (κ2) is 5.29. The van der Waals surface area contributed by atoms with Crippen LogP contribution in [0.2, 0.25) is 0 Å². The molecule has 4 nitrogen and oxygen atoms in total. The molecule has 0 heterocycles. The minimum absolute atomic E-state index is 0.0823. The lowest BCUT2D eigenvalue weighted by Gasteiger charge is -2.11. The van der Waals surface area contributed by atoms with E-state index in [4.69, 9.17) is 16.1 Å². The van der Waals surface area contributed by atoms with Gasteiger partial charge in [-0.2, -0.15) is 18.4 Å². The van der Waals surface area contributed by atoms with Crippen molar-refractivity contribution >= 4 is 17.7 Å². The highest BCUT2D eigenvalue weighted by Gasteiger charge is 2.31. The summed E-state index contributed by atoms with van der Waals surface area (Å²) in [6.45, 7) is -0.215. The zero-order chi connectivity index (χ0) is 13.9. The number of carbonyl (C=O) groups is 1. The van der Waals surface area contributed by atoms with E-state index in [9.17, 15) is 18.0 Å². The van der Waals surface area contributed by atoms with Gasteiger partial charge in [-0.1, -0.05) is 0 Å².